The van der Waals surface area contributed by atoms with E-state index < -0.39 is 18.2 Å². The maximum atomic E-state index is 12.6. The number of nitrogens with zero attached hydrogens (tertiary/aromatic N) is 2. The van der Waals surface area contributed by atoms with Crippen LogP contribution in [-0.2, 0) is 31.9 Å². The number of aromatic amines is 2. The van der Waals surface area contributed by atoms with Gasteiger partial charge in [0.1, 0.15) is 11.6 Å². The van der Waals surface area contributed by atoms with E-state index in [2.05, 4.69) is 26.9 Å². The standard InChI is InChI=1S/C28H30N4O4/c1-2-3-6-15-26(35-24(33)16-22-18-29-27(31-22)20-11-7-4-8-12-20)36-25(34)17-23-19-30-28(32-23)21-13-9-5-10-14-21/h4-5,7-14,18-19,26H,2-3,6,15-17H2,1H3,(H,29,31)(H,30,32). The Hall–Kier alpha value is -4.20. The topological polar surface area (TPSA) is 110 Å². The fraction of sp³-hybridized carbons (Fsp3) is 0.286. The van der Waals surface area contributed by atoms with Crippen molar-refractivity contribution in [1.29, 1.82) is 0 Å². The van der Waals surface area contributed by atoms with E-state index in [1.165, 1.54) is 0 Å². The Morgan fingerprint density at radius 1 is 0.750 bits per heavy atom. The molecular formula is C28H30N4O4. The summed E-state index contributed by atoms with van der Waals surface area (Å²) >= 11 is 0. The lowest BCUT2D eigenvalue weighted by Gasteiger charge is -2.18. The number of rotatable bonds is 12. The van der Waals surface area contributed by atoms with Gasteiger partial charge in [-0.1, -0.05) is 80.4 Å². The Labute approximate surface area is 210 Å². The van der Waals surface area contributed by atoms with Crippen molar-refractivity contribution in [2.45, 2.75) is 51.7 Å². The van der Waals surface area contributed by atoms with E-state index in [1.807, 2.05) is 60.7 Å². The first-order chi connectivity index (χ1) is 17.6. The first-order valence-electron chi connectivity index (χ1n) is 12.2. The summed E-state index contributed by atoms with van der Waals surface area (Å²) < 4.78 is 11.1. The van der Waals surface area contributed by atoms with Crippen LogP contribution in [0.2, 0.25) is 0 Å². The number of hydrogen-bond acceptors (Lipinski definition) is 6. The highest BCUT2D eigenvalue weighted by atomic mass is 16.7. The van der Waals surface area contributed by atoms with Crippen LogP contribution in [-0.4, -0.2) is 38.2 Å². The summed E-state index contributed by atoms with van der Waals surface area (Å²) in [6.45, 7) is 2.08. The summed E-state index contributed by atoms with van der Waals surface area (Å²) in [5.41, 5.74) is 2.97. The fourth-order valence-electron chi connectivity index (χ4n) is 3.76. The molecule has 0 atom stereocenters. The van der Waals surface area contributed by atoms with Crippen LogP contribution in [0.5, 0.6) is 0 Å². The molecule has 0 aliphatic rings. The van der Waals surface area contributed by atoms with Crippen LogP contribution in [0.3, 0.4) is 0 Å². The molecule has 0 saturated heterocycles. The molecule has 0 bridgehead atoms. The number of carbonyl (C=O) groups excluding carboxylic acids is 2. The number of nitrogens with one attached hydrogen (secondary N) is 2. The average molecular weight is 487 g/mol. The van der Waals surface area contributed by atoms with E-state index in [4.69, 9.17) is 9.47 Å². The summed E-state index contributed by atoms with van der Waals surface area (Å²) in [5, 5.41) is 0. The van der Waals surface area contributed by atoms with Gasteiger partial charge in [0.15, 0.2) is 0 Å². The highest BCUT2D eigenvalue weighted by molar-refractivity contribution is 5.74. The molecule has 4 aromatic rings. The minimum absolute atomic E-state index is 0.0229. The van der Waals surface area contributed by atoms with Gasteiger partial charge < -0.3 is 19.4 Å². The number of aromatic nitrogens is 4. The maximum absolute atomic E-state index is 12.6. The predicted molar refractivity (Wildman–Crippen MR) is 136 cm³/mol. The molecule has 0 aliphatic heterocycles. The van der Waals surface area contributed by atoms with Gasteiger partial charge in [0.05, 0.1) is 24.2 Å². The zero-order chi connectivity index (χ0) is 25.2. The van der Waals surface area contributed by atoms with Crippen molar-refractivity contribution in [3.05, 3.63) is 84.4 Å². The van der Waals surface area contributed by atoms with Gasteiger partial charge in [-0.15, -0.1) is 0 Å². The second-order valence-electron chi connectivity index (χ2n) is 8.47. The quantitative estimate of drug-likeness (QED) is 0.161. The summed E-state index contributed by atoms with van der Waals surface area (Å²) in [7, 11) is 0. The van der Waals surface area contributed by atoms with Gasteiger partial charge in [-0.25, -0.2) is 9.97 Å². The normalized spacial score (nSPS) is 10.9. The molecule has 4 rings (SSSR count). The Morgan fingerprint density at radius 2 is 1.22 bits per heavy atom. The molecule has 36 heavy (non-hydrogen) atoms. The van der Waals surface area contributed by atoms with E-state index in [0.717, 1.165) is 30.4 Å². The van der Waals surface area contributed by atoms with E-state index in [1.54, 1.807) is 12.4 Å². The molecule has 0 saturated carbocycles. The summed E-state index contributed by atoms with van der Waals surface area (Å²) in [5.74, 6) is 0.361. The molecule has 0 amide bonds. The largest absolute Gasteiger partial charge is 0.425 e. The van der Waals surface area contributed by atoms with Crippen molar-refractivity contribution in [1.82, 2.24) is 19.9 Å². The van der Waals surface area contributed by atoms with Gasteiger partial charge in [0.2, 0.25) is 6.29 Å². The lowest BCUT2D eigenvalue weighted by Crippen LogP contribution is -2.26. The molecule has 8 nitrogen and oxygen atoms in total. The van der Waals surface area contributed by atoms with Gasteiger partial charge in [0, 0.05) is 29.9 Å². The number of esters is 2. The summed E-state index contributed by atoms with van der Waals surface area (Å²) in [4.78, 5) is 40.3. The third-order valence-electron chi connectivity index (χ3n) is 5.58. The van der Waals surface area contributed by atoms with Crippen LogP contribution in [0.4, 0.5) is 0 Å². The number of carbonyl (C=O) groups is 2. The van der Waals surface area contributed by atoms with Crippen LogP contribution in [0, 0.1) is 0 Å². The molecule has 8 heteroatoms. The Kier molecular flexibility index (Phi) is 8.64. The first kappa shape index (κ1) is 24.9. The number of ether oxygens (including phenoxy) is 2. The van der Waals surface area contributed by atoms with Gasteiger partial charge in [0.25, 0.3) is 0 Å². The molecule has 0 spiro atoms. The minimum atomic E-state index is -0.948. The Balaban J connectivity index is 1.33. The predicted octanol–water partition coefficient (Wildman–Crippen LogP) is 5.24. The van der Waals surface area contributed by atoms with Gasteiger partial charge >= 0.3 is 11.9 Å². The summed E-state index contributed by atoms with van der Waals surface area (Å²) in [6, 6.07) is 19.3. The van der Waals surface area contributed by atoms with Crippen molar-refractivity contribution >= 4 is 11.9 Å². The first-order valence-corrected chi connectivity index (χ1v) is 12.2. The Bertz CT molecular complexity index is 1160. The van der Waals surface area contributed by atoms with Crippen LogP contribution in [0.25, 0.3) is 22.8 Å². The number of H-pyrrole nitrogens is 2. The van der Waals surface area contributed by atoms with Crippen molar-refractivity contribution in [2.24, 2.45) is 0 Å². The van der Waals surface area contributed by atoms with Crippen molar-refractivity contribution in [3.63, 3.8) is 0 Å². The zero-order valence-electron chi connectivity index (χ0n) is 20.3. The van der Waals surface area contributed by atoms with Crippen LogP contribution >= 0.6 is 0 Å². The average Bonchev–Trinajstić information content (AvgIpc) is 3.55. The molecule has 0 radical (unpaired) electrons. The molecule has 0 aliphatic carbocycles. The minimum Gasteiger partial charge on any atom is -0.425 e. The van der Waals surface area contributed by atoms with Crippen LogP contribution in [0.15, 0.2) is 73.1 Å². The van der Waals surface area contributed by atoms with Gasteiger partial charge in [-0.05, 0) is 6.42 Å². The highest BCUT2D eigenvalue weighted by Crippen LogP contribution is 2.17. The van der Waals surface area contributed by atoms with E-state index in [9.17, 15) is 9.59 Å². The van der Waals surface area contributed by atoms with Gasteiger partial charge in [-0.2, -0.15) is 0 Å². The maximum Gasteiger partial charge on any atom is 0.315 e. The number of benzene rings is 2. The van der Waals surface area contributed by atoms with Gasteiger partial charge in [-0.3, -0.25) is 9.59 Å². The second-order valence-corrected chi connectivity index (χ2v) is 8.47. The fourth-order valence-corrected chi connectivity index (χ4v) is 3.76. The molecular weight excluding hydrogens is 456 g/mol. The molecule has 2 aromatic heterocycles. The number of unbranched alkanes of at least 4 members (excludes halogenated alkanes) is 2. The van der Waals surface area contributed by atoms with E-state index >= 15 is 0 Å². The van der Waals surface area contributed by atoms with Crippen LogP contribution < -0.4 is 0 Å². The smallest absolute Gasteiger partial charge is 0.315 e. The SMILES string of the molecule is CCCCCC(OC(=O)Cc1c[nH]c(-c2ccccc2)n1)OC(=O)Cc1c[nH]c(-c2ccccc2)n1. The number of hydrogen-bond donors (Lipinski definition) is 2. The van der Waals surface area contributed by atoms with Crippen molar-refractivity contribution in [2.75, 3.05) is 0 Å². The Morgan fingerprint density at radius 3 is 1.67 bits per heavy atom. The molecule has 0 unspecified atom stereocenters. The summed E-state index contributed by atoms with van der Waals surface area (Å²) in [6.07, 6.45) is 5.55. The van der Waals surface area contributed by atoms with Crippen LogP contribution in [0.1, 0.15) is 44.0 Å². The lowest BCUT2D eigenvalue weighted by molar-refractivity contribution is -0.188. The van der Waals surface area contributed by atoms with E-state index in [0.29, 0.717) is 29.5 Å². The van der Waals surface area contributed by atoms with E-state index in [-0.39, 0.29) is 12.8 Å². The molecule has 0 fully saturated rings. The number of imidazole rings is 2. The molecule has 2 heterocycles. The van der Waals surface area contributed by atoms with Crippen molar-refractivity contribution in [3.8, 4) is 22.8 Å². The third-order valence-corrected chi connectivity index (χ3v) is 5.58. The van der Waals surface area contributed by atoms with Crippen molar-refractivity contribution < 1.29 is 19.1 Å². The zero-order valence-corrected chi connectivity index (χ0v) is 20.3. The monoisotopic (exact) mass is 486 g/mol. The highest BCUT2D eigenvalue weighted by Gasteiger charge is 2.21. The molecule has 186 valence electrons. The molecule has 2 N–H and O–H groups in total. The lowest BCUT2D eigenvalue weighted by atomic mass is 10.2. The third kappa shape index (κ3) is 7.15. The molecule has 2 aromatic carbocycles. The second kappa shape index (κ2) is 12.5.